The quantitative estimate of drug-likeness (QED) is 0.672. The zero-order valence-electron chi connectivity index (χ0n) is 19.1. The Labute approximate surface area is 196 Å². The molecule has 32 heavy (non-hydrogen) atoms. The molecule has 0 saturated carbocycles. The number of carbonyl (C=O) groups is 2. The summed E-state index contributed by atoms with van der Waals surface area (Å²) >= 11 is 6.15. The van der Waals surface area contributed by atoms with E-state index in [4.69, 9.17) is 16.3 Å². The van der Waals surface area contributed by atoms with E-state index in [2.05, 4.69) is 28.2 Å². The van der Waals surface area contributed by atoms with Gasteiger partial charge in [-0.05, 0) is 50.4 Å². The molecule has 3 saturated heterocycles. The van der Waals surface area contributed by atoms with E-state index >= 15 is 0 Å². The van der Waals surface area contributed by atoms with Crippen LogP contribution in [0.2, 0.25) is 5.02 Å². The summed E-state index contributed by atoms with van der Waals surface area (Å²) in [5, 5.41) is 3.87. The third kappa shape index (κ3) is 5.11. The first-order valence-electron chi connectivity index (χ1n) is 11.7. The molecule has 176 valence electrons. The maximum Gasteiger partial charge on any atom is 0.239 e. The molecule has 4 rings (SSSR count). The highest BCUT2D eigenvalue weighted by Crippen LogP contribution is 2.29. The fourth-order valence-electron chi connectivity index (χ4n) is 5.66. The minimum Gasteiger partial charge on any atom is -0.383 e. The van der Waals surface area contributed by atoms with Crippen LogP contribution in [-0.4, -0.2) is 91.1 Å². The van der Waals surface area contributed by atoms with Gasteiger partial charge in [0.1, 0.15) is 6.04 Å². The fraction of sp³-hybridized carbons (Fsp3) is 0.667. The highest BCUT2D eigenvalue weighted by atomic mass is 35.5. The van der Waals surface area contributed by atoms with Crippen LogP contribution in [0.5, 0.6) is 0 Å². The number of likely N-dealkylation sites (tertiary alicyclic amines) is 2. The summed E-state index contributed by atoms with van der Waals surface area (Å²) in [5.74, 6) is 0.300. The predicted octanol–water partition coefficient (Wildman–Crippen LogP) is 2.13. The predicted molar refractivity (Wildman–Crippen MR) is 124 cm³/mol. The Morgan fingerprint density at radius 1 is 1.25 bits per heavy atom. The van der Waals surface area contributed by atoms with Crippen LogP contribution in [0.25, 0.3) is 0 Å². The molecule has 1 aromatic rings. The first-order chi connectivity index (χ1) is 15.5. The van der Waals surface area contributed by atoms with Gasteiger partial charge in [-0.25, -0.2) is 0 Å². The Kier molecular flexibility index (Phi) is 7.71. The second-order valence-corrected chi connectivity index (χ2v) is 9.78. The van der Waals surface area contributed by atoms with Crippen molar-refractivity contribution in [2.45, 2.75) is 62.8 Å². The van der Waals surface area contributed by atoms with Crippen molar-refractivity contribution in [3.8, 4) is 0 Å². The highest BCUT2D eigenvalue weighted by Gasteiger charge is 2.45. The maximum absolute atomic E-state index is 13.0. The number of ether oxygens (including phenoxy) is 1. The van der Waals surface area contributed by atoms with Crippen LogP contribution >= 0.6 is 11.6 Å². The smallest absolute Gasteiger partial charge is 0.239 e. The third-order valence-corrected chi connectivity index (χ3v) is 7.61. The Morgan fingerprint density at radius 2 is 2.09 bits per heavy atom. The molecular formula is C24H35ClN4O3. The number of hydrogen-bond acceptors (Lipinski definition) is 5. The third-order valence-electron chi connectivity index (χ3n) is 7.37. The van der Waals surface area contributed by atoms with Gasteiger partial charge in [-0.15, -0.1) is 0 Å². The number of hydrogen-bond donors (Lipinski definition) is 1. The van der Waals surface area contributed by atoms with Gasteiger partial charge >= 0.3 is 0 Å². The minimum atomic E-state index is -0.177. The van der Waals surface area contributed by atoms with Crippen molar-refractivity contribution >= 4 is 23.4 Å². The van der Waals surface area contributed by atoms with Gasteiger partial charge in [0.2, 0.25) is 11.8 Å². The maximum atomic E-state index is 13.0. The molecule has 0 aliphatic carbocycles. The molecule has 0 spiro atoms. The molecule has 0 aromatic heterocycles. The summed E-state index contributed by atoms with van der Waals surface area (Å²) in [5.41, 5.74) is 1.12. The van der Waals surface area contributed by atoms with Gasteiger partial charge in [-0.1, -0.05) is 23.7 Å². The van der Waals surface area contributed by atoms with E-state index in [-0.39, 0.29) is 36.0 Å². The zero-order chi connectivity index (χ0) is 22.7. The highest BCUT2D eigenvalue weighted by molar-refractivity contribution is 6.30. The monoisotopic (exact) mass is 462 g/mol. The van der Waals surface area contributed by atoms with E-state index < -0.39 is 0 Å². The molecule has 3 aliphatic heterocycles. The second kappa shape index (κ2) is 10.5. The standard InChI is InChI=1S/C24H35ClN4O3/c1-27-19(8-9-22(30)29-11-4-7-20(29)16-32-2)14-26-24(31)23-21(27)10-12-28(23)15-17-5-3-6-18(25)13-17/h3,5-6,13,19-21,23H,4,7-12,14-16H2,1-2H3,(H,26,31)/t19-,20+,21+,23-/m0/s1. The molecule has 1 N–H and O–H groups in total. The molecule has 0 unspecified atom stereocenters. The number of methoxy groups -OCH3 is 1. The van der Waals surface area contributed by atoms with Crippen molar-refractivity contribution in [1.29, 1.82) is 0 Å². The van der Waals surface area contributed by atoms with Crippen molar-refractivity contribution in [3.63, 3.8) is 0 Å². The van der Waals surface area contributed by atoms with Crippen LogP contribution in [0, 0.1) is 0 Å². The largest absolute Gasteiger partial charge is 0.383 e. The molecule has 7 nitrogen and oxygen atoms in total. The molecule has 3 aliphatic rings. The van der Waals surface area contributed by atoms with Crippen LogP contribution in [0.3, 0.4) is 0 Å². The normalized spacial score (nSPS) is 29.1. The van der Waals surface area contributed by atoms with Crippen LogP contribution in [-0.2, 0) is 20.9 Å². The lowest BCUT2D eigenvalue weighted by Crippen LogP contribution is -2.49. The lowest BCUT2D eigenvalue weighted by molar-refractivity contribution is -0.133. The number of fused-ring (bicyclic) bond motifs is 1. The summed E-state index contributed by atoms with van der Waals surface area (Å²) in [6.45, 7) is 3.60. The van der Waals surface area contributed by atoms with E-state index in [9.17, 15) is 9.59 Å². The first kappa shape index (κ1) is 23.5. The molecule has 0 radical (unpaired) electrons. The Balaban J connectivity index is 1.37. The van der Waals surface area contributed by atoms with Crippen LogP contribution < -0.4 is 5.32 Å². The molecule has 8 heteroatoms. The summed E-state index contributed by atoms with van der Waals surface area (Å²) in [6, 6.07) is 8.20. The summed E-state index contributed by atoms with van der Waals surface area (Å²) < 4.78 is 5.29. The van der Waals surface area contributed by atoms with E-state index in [0.29, 0.717) is 26.1 Å². The number of halogens is 1. The van der Waals surface area contributed by atoms with Crippen LogP contribution in [0.4, 0.5) is 0 Å². The lowest BCUT2D eigenvalue weighted by Gasteiger charge is -2.33. The molecule has 0 bridgehead atoms. The Bertz CT molecular complexity index is 822. The lowest BCUT2D eigenvalue weighted by atomic mass is 10.0. The van der Waals surface area contributed by atoms with Gasteiger partial charge in [-0.2, -0.15) is 0 Å². The number of benzene rings is 1. The zero-order valence-corrected chi connectivity index (χ0v) is 19.9. The number of amides is 2. The van der Waals surface area contributed by atoms with Gasteiger partial charge in [0.25, 0.3) is 0 Å². The van der Waals surface area contributed by atoms with E-state index in [0.717, 1.165) is 49.4 Å². The molecule has 1 aromatic carbocycles. The van der Waals surface area contributed by atoms with Crippen molar-refractivity contribution in [3.05, 3.63) is 34.9 Å². The molecule has 3 fully saturated rings. The van der Waals surface area contributed by atoms with E-state index in [1.807, 2.05) is 23.1 Å². The molecule has 2 amide bonds. The van der Waals surface area contributed by atoms with Gasteiger partial charge in [0, 0.05) is 56.8 Å². The summed E-state index contributed by atoms with van der Waals surface area (Å²) in [7, 11) is 3.80. The minimum absolute atomic E-state index is 0.0925. The SMILES string of the molecule is COC[C@H]1CCCN1C(=O)CC[C@H]1CNC(=O)[C@@H]2[C@@H](CCN2Cc2cccc(Cl)c2)N1C. The van der Waals surface area contributed by atoms with E-state index in [1.165, 1.54) is 0 Å². The van der Waals surface area contributed by atoms with Gasteiger partial charge < -0.3 is 15.0 Å². The summed E-state index contributed by atoms with van der Waals surface area (Å²) in [6.07, 6.45) is 4.27. The number of nitrogens with zero attached hydrogens (tertiary/aromatic N) is 3. The van der Waals surface area contributed by atoms with E-state index in [1.54, 1.807) is 7.11 Å². The van der Waals surface area contributed by atoms with Crippen molar-refractivity contribution < 1.29 is 14.3 Å². The van der Waals surface area contributed by atoms with Crippen LogP contribution in [0.1, 0.15) is 37.7 Å². The average Bonchev–Trinajstić information content (AvgIpc) is 3.38. The Morgan fingerprint density at radius 3 is 2.88 bits per heavy atom. The molecular weight excluding hydrogens is 428 g/mol. The van der Waals surface area contributed by atoms with Crippen molar-refractivity contribution in [2.24, 2.45) is 0 Å². The number of likely N-dealkylation sites (N-methyl/N-ethyl adjacent to an activating group) is 1. The van der Waals surface area contributed by atoms with Crippen LogP contribution in [0.15, 0.2) is 24.3 Å². The van der Waals surface area contributed by atoms with Gasteiger partial charge in [0.05, 0.1) is 12.6 Å². The van der Waals surface area contributed by atoms with Crippen molar-refractivity contribution in [2.75, 3.05) is 40.4 Å². The second-order valence-electron chi connectivity index (χ2n) is 9.34. The van der Waals surface area contributed by atoms with Gasteiger partial charge in [-0.3, -0.25) is 19.4 Å². The van der Waals surface area contributed by atoms with Crippen molar-refractivity contribution in [1.82, 2.24) is 20.0 Å². The molecule has 4 atom stereocenters. The number of carbonyl (C=O) groups excluding carboxylic acids is 2. The molecule has 3 heterocycles. The first-order valence-corrected chi connectivity index (χ1v) is 12.1. The van der Waals surface area contributed by atoms with Gasteiger partial charge in [0.15, 0.2) is 0 Å². The fourth-order valence-corrected chi connectivity index (χ4v) is 5.87. The summed E-state index contributed by atoms with van der Waals surface area (Å²) in [4.78, 5) is 32.5. The number of nitrogens with one attached hydrogen (secondary N) is 1. The average molecular weight is 463 g/mol. The topological polar surface area (TPSA) is 65.1 Å². The Hall–Kier alpha value is -1.67. The number of rotatable bonds is 7.